The number of nitrogens with zero attached hydrogens (tertiary/aromatic N) is 1. The SMILES string of the molecule is C=CCNC(=NCCCc1ccc(OC)c(OC)c1)NCC. The lowest BCUT2D eigenvalue weighted by Crippen LogP contribution is -2.37. The minimum absolute atomic E-state index is 0.710. The van der Waals surface area contributed by atoms with E-state index in [0.29, 0.717) is 6.54 Å². The van der Waals surface area contributed by atoms with E-state index in [2.05, 4.69) is 35.2 Å². The Labute approximate surface area is 133 Å². The van der Waals surface area contributed by atoms with E-state index in [1.807, 2.05) is 18.2 Å². The van der Waals surface area contributed by atoms with Crippen LogP contribution in [0.15, 0.2) is 35.8 Å². The lowest BCUT2D eigenvalue weighted by Gasteiger charge is -2.10. The maximum atomic E-state index is 5.32. The Kier molecular flexibility index (Phi) is 8.57. The molecule has 5 heteroatoms. The topological polar surface area (TPSA) is 54.9 Å². The van der Waals surface area contributed by atoms with Gasteiger partial charge in [0.25, 0.3) is 0 Å². The van der Waals surface area contributed by atoms with Crippen LogP contribution >= 0.6 is 0 Å². The van der Waals surface area contributed by atoms with Gasteiger partial charge in [-0.2, -0.15) is 0 Å². The number of ether oxygens (including phenoxy) is 2. The number of nitrogens with one attached hydrogen (secondary N) is 2. The van der Waals surface area contributed by atoms with Crippen molar-refractivity contribution in [2.75, 3.05) is 33.9 Å². The second-order valence-corrected chi connectivity index (χ2v) is 4.72. The summed E-state index contributed by atoms with van der Waals surface area (Å²) in [6.45, 7) is 8.06. The molecule has 0 bridgehead atoms. The molecule has 0 aromatic heterocycles. The predicted molar refractivity (Wildman–Crippen MR) is 92.0 cm³/mol. The van der Waals surface area contributed by atoms with Gasteiger partial charge in [0, 0.05) is 19.6 Å². The number of guanidine groups is 1. The van der Waals surface area contributed by atoms with Crippen molar-refractivity contribution in [3.05, 3.63) is 36.4 Å². The highest BCUT2D eigenvalue weighted by Gasteiger charge is 2.04. The number of aryl methyl sites for hydroxylation is 1. The Balaban J connectivity index is 2.50. The lowest BCUT2D eigenvalue weighted by atomic mass is 10.1. The van der Waals surface area contributed by atoms with Crippen molar-refractivity contribution in [3.63, 3.8) is 0 Å². The van der Waals surface area contributed by atoms with E-state index >= 15 is 0 Å². The molecule has 1 aromatic rings. The Morgan fingerprint density at radius 2 is 2.00 bits per heavy atom. The summed E-state index contributed by atoms with van der Waals surface area (Å²) in [6.07, 6.45) is 3.74. The first kappa shape index (κ1) is 17.9. The normalized spacial score (nSPS) is 11.0. The molecule has 0 aliphatic heterocycles. The molecule has 0 unspecified atom stereocenters. The van der Waals surface area contributed by atoms with E-state index in [-0.39, 0.29) is 0 Å². The number of rotatable bonds is 9. The maximum Gasteiger partial charge on any atom is 0.191 e. The summed E-state index contributed by atoms with van der Waals surface area (Å²) >= 11 is 0. The van der Waals surface area contributed by atoms with E-state index in [0.717, 1.165) is 43.4 Å². The Hall–Kier alpha value is -2.17. The molecule has 0 aliphatic carbocycles. The molecule has 0 amide bonds. The van der Waals surface area contributed by atoms with Crippen LogP contribution in [0.3, 0.4) is 0 Å². The summed E-state index contributed by atoms with van der Waals surface area (Å²) in [7, 11) is 3.30. The number of aliphatic imine (C=N–C) groups is 1. The molecule has 0 atom stereocenters. The van der Waals surface area contributed by atoms with Gasteiger partial charge in [0.1, 0.15) is 0 Å². The average molecular weight is 305 g/mol. The van der Waals surface area contributed by atoms with Crippen molar-refractivity contribution in [1.82, 2.24) is 10.6 Å². The van der Waals surface area contributed by atoms with Gasteiger partial charge in [0.05, 0.1) is 14.2 Å². The zero-order valence-corrected chi connectivity index (χ0v) is 13.8. The molecular formula is C17H27N3O2. The molecule has 0 saturated carbocycles. The minimum atomic E-state index is 0.710. The number of methoxy groups -OCH3 is 2. The van der Waals surface area contributed by atoms with Crippen molar-refractivity contribution in [1.29, 1.82) is 0 Å². The first-order chi connectivity index (χ1) is 10.7. The van der Waals surface area contributed by atoms with E-state index in [1.54, 1.807) is 14.2 Å². The van der Waals surface area contributed by atoms with Gasteiger partial charge >= 0.3 is 0 Å². The van der Waals surface area contributed by atoms with Crippen LogP contribution in [0.5, 0.6) is 11.5 Å². The largest absolute Gasteiger partial charge is 0.493 e. The fraction of sp³-hybridized carbons (Fsp3) is 0.471. The van der Waals surface area contributed by atoms with Gasteiger partial charge in [-0.05, 0) is 37.5 Å². The van der Waals surface area contributed by atoms with Gasteiger partial charge in [0.2, 0.25) is 0 Å². The van der Waals surface area contributed by atoms with Crippen molar-refractivity contribution in [3.8, 4) is 11.5 Å². The summed E-state index contributed by atoms with van der Waals surface area (Å²) in [5.74, 6) is 2.35. The number of hydrogen-bond donors (Lipinski definition) is 2. The van der Waals surface area contributed by atoms with Gasteiger partial charge in [-0.1, -0.05) is 12.1 Å². The van der Waals surface area contributed by atoms with Crippen LogP contribution in [0, 0.1) is 0 Å². The standard InChI is InChI=1S/C17H27N3O2/c1-5-11-19-17(18-6-2)20-12-7-8-14-9-10-15(21-3)16(13-14)22-4/h5,9-10,13H,1,6-8,11-12H2,2-4H3,(H2,18,19,20). The summed E-state index contributed by atoms with van der Waals surface area (Å²) in [5, 5.41) is 6.39. The molecule has 0 fully saturated rings. The first-order valence-electron chi connectivity index (χ1n) is 7.59. The summed E-state index contributed by atoms with van der Waals surface area (Å²) in [5.41, 5.74) is 1.22. The molecule has 1 aromatic carbocycles. The first-order valence-corrected chi connectivity index (χ1v) is 7.59. The second kappa shape index (κ2) is 10.5. The highest BCUT2D eigenvalue weighted by atomic mass is 16.5. The molecule has 5 nitrogen and oxygen atoms in total. The van der Waals surface area contributed by atoms with E-state index in [1.165, 1.54) is 5.56 Å². The number of benzene rings is 1. The zero-order chi connectivity index (χ0) is 16.2. The van der Waals surface area contributed by atoms with Gasteiger partial charge in [0.15, 0.2) is 17.5 Å². The molecule has 0 saturated heterocycles. The molecule has 122 valence electrons. The van der Waals surface area contributed by atoms with E-state index in [4.69, 9.17) is 9.47 Å². The molecule has 22 heavy (non-hydrogen) atoms. The third kappa shape index (κ3) is 6.08. The summed E-state index contributed by atoms with van der Waals surface area (Å²) in [6, 6.07) is 6.02. The average Bonchev–Trinajstić information content (AvgIpc) is 2.56. The quantitative estimate of drug-likeness (QED) is 0.318. The number of hydrogen-bond acceptors (Lipinski definition) is 3. The molecule has 0 heterocycles. The predicted octanol–water partition coefficient (Wildman–Crippen LogP) is 2.38. The highest BCUT2D eigenvalue weighted by Crippen LogP contribution is 2.27. The fourth-order valence-corrected chi connectivity index (χ4v) is 2.02. The van der Waals surface area contributed by atoms with Crippen molar-refractivity contribution < 1.29 is 9.47 Å². The summed E-state index contributed by atoms with van der Waals surface area (Å²) < 4.78 is 10.6. The Morgan fingerprint density at radius 1 is 1.23 bits per heavy atom. The molecule has 0 aliphatic rings. The van der Waals surface area contributed by atoms with Crippen LogP contribution in [-0.2, 0) is 6.42 Å². The van der Waals surface area contributed by atoms with Crippen LogP contribution < -0.4 is 20.1 Å². The molecule has 2 N–H and O–H groups in total. The minimum Gasteiger partial charge on any atom is -0.493 e. The Bertz CT molecular complexity index is 487. The Morgan fingerprint density at radius 3 is 2.64 bits per heavy atom. The van der Waals surface area contributed by atoms with Gasteiger partial charge in [-0.15, -0.1) is 6.58 Å². The summed E-state index contributed by atoms with van der Waals surface area (Å²) in [4.78, 5) is 4.53. The van der Waals surface area contributed by atoms with Crippen molar-refractivity contribution in [2.24, 2.45) is 4.99 Å². The van der Waals surface area contributed by atoms with E-state index in [9.17, 15) is 0 Å². The van der Waals surface area contributed by atoms with Crippen LogP contribution in [0.25, 0.3) is 0 Å². The molecule has 1 rings (SSSR count). The highest BCUT2D eigenvalue weighted by molar-refractivity contribution is 5.79. The van der Waals surface area contributed by atoms with Crippen LogP contribution in [-0.4, -0.2) is 39.8 Å². The fourth-order valence-electron chi connectivity index (χ4n) is 2.02. The van der Waals surface area contributed by atoms with Crippen molar-refractivity contribution in [2.45, 2.75) is 19.8 Å². The van der Waals surface area contributed by atoms with Crippen LogP contribution in [0.4, 0.5) is 0 Å². The van der Waals surface area contributed by atoms with Crippen LogP contribution in [0.1, 0.15) is 18.9 Å². The maximum absolute atomic E-state index is 5.32. The molecule has 0 radical (unpaired) electrons. The van der Waals surface area contributed by atoms with Gasteiger partial charge < -0.3 is 20.1 Å². The third-order valence-corrected chi connectivity index (χ3v) is 3.10. The van der Waals surface area contributed by atoms with E-state index < -0.39 is 0 Å². The third-order valence-electron chi connectivity index (χ3n) is 3.10. The van der Waals surface area contributed by atoms with Crippen LogP contribution in [0.2, 0.25) is 0 Å². The van der Waals surface area contributed by atoms with Gasteiger partial charge in [-0.3, -0.25) is 4.99 Å². The lowest BCUT2D eigenvalue weighted by molar-refractivity contribution is 0.354. The molecular weight excluding hydrogens is 278 g/mol. The van der Waals surface area contributed by atoms with Gasteiger partial charge in [-0.25, -0.2) is 0 Å². The smallest absolute Gasteiger partial charge is 0.191 e. The second-order valence-electron chi connectivity index (χ2n) is 4.72. The zero-order valence-electron chi connectivity index (χ0n) is 13.8. The monoisotopic (exact) mass is 305 g/mol. The molecule has 0 spiro atoms. The van der Waals surface area contributed by atoms with Crippen molar-refractivity contribution >= 4 is 5.96 Å².